The fourth-order valence-electron chi connectivity index (χ4n) is 4.39. The lowest BCUT2D eigenvalue weighted by molar-refractivity contribution is -0.133. The van der Waals surface area contributed by atoms with Crippen molar-refractivity contribution in [2.45, 2.75) is 51.1 Å². The lowest BCUT2D eigenvalue weighted by Crippen LogP contribution is -2.57. The molecule has 2 aliphatic rings. The van der Waals surface area contributed by atoms with Gasteiger partial charge in [0.1, 0.15) is 12.1 Å². The predicted molar refractivity (Wildman–Crippen MR) is 108 cm³/mol. The molecule has 2 aromatic heterocycles. The summed E-state index contributed by atoms with van der Waals surface area (Å²) in [5, 5.41) is 0. The summed E-state index contributed by atoms with van der Waals surface area (Å²) in [7, 11) is 0. The topological polar surface area (TPSA) is 88.2 Å². The quantitative estimate of drug-likeness (QED) is 0.865. The van der Waals surface area contributed by atoms with E-state index in [-0.39, 0.29) is 11.9 Å². The summed E-state index contributed by atoms with van der Waals surface area (Å²) in [6, 6.07) is 5.32. The number of carbonyl (C=O) groups excluding carboxylic acids is 1. The average molecular weight is 380 g/mol. The maximum atomic E-state index is 12.9. The van der Waals surface area contributed by atoms with E-state index < -0.39 is 6.04 Å². The third-order valence-corrected chi connectivity index (χ3v) is 5.94. The van der Waals surface area contributed by atoms with Gasteiger partial charge in [-0.25, -0.2) is 9.97 Å². The van der Waals surface area contributed by atoms with Crippen LogP contribution in [0.2, 0.25) is 0 Å². The minimum absolute atomic E-state index is 0.00145. The Morgan fingerprint density at radius 1 is 1.25 bits per heavy atom. The van der Waals surface area contributed by atoms with Crippen molar-refractivity contribution in [3.05, 3.63) is 47.7 Å². The van der Waals surface area contributed by atoms with Gasteiger partial charge in [-0.1, -0.05) is 13.0 Å². The van der Waals surface area contributed by atoms with Crippen molar-refractivity contribution in [2.24, 2.45) is 5.73 Å². The Labute approximate surface area is 166 Å². The van der Waals surface area contributed by atoms with Gasteiger partial charge < -0.3 is 15.5 Å². The first kappa shape index (κ1) is 18.8. The van der Waals surface area contributed by atoms with E-state index in [1.165, 1.54) is 11.3 Å². The Morgan fingerprint density at radius 3 is 2.86 bits per heavy atom. The number of amides is 1. The zero-order valence-corrected chi connectivity index (χ0v) is 16.6. The molecule has 148 valence electrons. The number of nitrogens with two attached hydrogens (primary N) is 1. The molecule has 0 spiro atoms. The van der Waals surface area contributed by atoms with Crippen LogP contribution in [0, 0.1) is 0 Å². The number of anilines is 1. The van der Waals surface area contributed by atoms with E-state index in [9.17, 15) is 4.79 Å². The molecule has 2 N–H and O–H groups in total. The van der Waals surface area contributed by atoms with Gasteiger partial charge in [-0.3, -0.25) is 9.78 Å². The second-order valence-corrected chi connectivity index (χ2v) is 7.96. The van der Waals surface area contributed by atoms with Crippen molar-refractivity contribution in [3.63, 3.8) is 0 Å². The number of nitrogens with zero attached hydrogens (tertiary/aromatic N) is 5. The third kappa shape index (κ3) is 3.58. The number of fused-ring (bicyclic) bond motifs is 1. The molecule has 0 aromatic carbocycles. The minimum atomic E-state index is -0.558. The molecule has 0 bridgehead atoms. The van der Waals surface area contributed by atoms with Crippen molar-refractivity contribution in [1.82, 2.24) is 19.9 Å². The van der Waals surface area contributed by atoms with Crippen LogP contribution in [-0.4, -0.2) is 57.5 Å². The molecule has 1 aliphatic carbocycles. The summed E-state index contributed by atoms with van der Waals surface area (Å²) in [5.74, 6) is 1.54. The number of hydrogen-bond acceptors (Lipinski definition) is 6. The van der Waals surface area contributed by atoms with Crippen LogP contribution in [-0.2, 0) is 17.6 Å². The molecule has 7 heteroatoms. The van der Waals surface area contributed by atoms with E-state index in [0.717, 1.165) is 30.9 Å². The van der Waals surface area contributed by atoms with Crippen LogP contribution in [0.5, 0.6) is 0 Å². The minimum Gasteiger partial charge on any atom is -0.350 e. The Hall–Kier alpha value is -2.54. The zero-order chi connectivity index (χ0) is 19.7. The van der Waals surface area contributed by atoms with Crippen molar-refractivity contribution < 1.29 is 4.79 Å². The van der Waals surface area contributed by atoms with Crippen LogP contribution in [0.15, 0.2) is 30.7 Å². The Kier molecular flexibility index (Phi) is 5.26. The molecular formula is C21H28N6O. The first-order valence-corrected chi connectivity index (χ1v) is 10.1. The van der Waals surface area contributed by atoms with Gasteiger partial charge in [0, 0.05) is 55.2 Å². The fourth-order valence-corrected chi connectivity index (χ4v) is 4.39. The number of piperazine rings is 1. The molecule has 4 rings (SSSR count). The van der Waals surface area contributed by atoms with Crippen LogP contribution in [0.25, 0.3) is 0 Å². The Bertz CT molecular complexity index is 842. The van der Waals surface area contributed by atoms with E-state index in [1.807, 2.05) is 23.1 Å². The molecule has 3 unspecified atom stereocenters. The van der Waals surface area contributed by atoms with Gasteiger partial charge in [-0.2, -0.15) is 0 Å². The normalized spacial score (nSPS) is 22.8. The molecule has 0 radical (unpaired) electrons. The number of hydrogen-bond donors (Lipinski definition) is 1. The maximum absolute atomic E-state index is 12.9. The Morgan fingerprint density at radius 2 is 2.11 bits per heavy atom. The van der Waals surface area contributed by atoms with Crippen LogP contribution in [0.4, 0.5) is 5.82 Å². The highest BCUT2D eigenvalue weighted by Gasteiger charge is 2.33. The molecule has 7 nitrogen and oxygen atoms in total. The van der Waals surface area contributed by atoms with Crippen molar-refractivity contribution in [1.29, 1.82) is 0 Å². The van der Waals surface area contributed by atoms with Gasteiger partial charge in [-0.15, -0.1) is 0 Å². The van der Waals surface area contributed by atoms with Gasteiger partial charge >= 0.3 is 0 Å². The van der Waals surface area contributed by atoms with E-state index >= 15 is 0 Å². The SMILES string of the molecule is CC1CCc2ncnc(N3CCN(C(=O)C(N)Cc4ccccn4)CC3C)c21. The first-order chi connectivity index (χ1) is 13.5. The van der Waals surface area contributed by atoms with Crippen LogP contribution in [0.3, 0.4) is 0 Å². The highest BCUT2D eigenvalue weighted by Crippen LogP contribution is 2.37. The summed E-state index contributed by atoms with van der Waals surface area (Å²) in [4.78, 5) is 30.4. The van der Waals surface area contributed by atoms with E-state index in [2.05, 4.69) is 33.7 Å². The average Bonchev–Trinajstić information content (AvgIpc) is 3.09. The smallest absolute Gasteiger partial charge is 0.240 e. The van der Waals surface area contributed by atoms with Crippen molar-refractivity contribution in [2.75, 3.05) is 24.5 Å². The number of aryl methyl sites for hydroxylation is 1. The molecule has 1 fully saturated rings. The highest BCUT2D eigenvalue weighted by molar-refractivity contribution is 5.82. The Balaban J connectivity index is 1.43. The second-order valence-electron chi connectivity index (χ2n) is 7.96. The van der Waals surface area contributed by atoms with E-state index in [4.69, 9.17) is 5.73 Å². The van der Waals surface area contributed by atoms with Gasteiger partial charge in [-0.05, 0) is 37.8 Å². The lowest BCUT2D eigenvalue weighted by atomic mass is 10.0. The standard InChI is InChI=1S/C21H28N6O/c1-14-6-7-18-19(14)20(25-13-24-18)27-10-9-26(12-15(27)2)21(28)17(22)11-16-5-3-4-8-23-16/h3-5,8,13-15,17H,6-7,9-12,22H2,1-2H3. The first-order valence-electron chi connectivity index (χ1n) is 10.1. The molecule has 0 saturated carbocycles. The summed E-state index contributed by atoms with van der Waals surface area (Å²) in [5.41, 5.74) is 9.52. The molecule has 1 saturated heterocycles. The number of pyridine rings is 1. The number of aromatic nitrogens is 3. The highest BCUT2D eigenvalue weighted by atomic mass is 16.2. The molecule has 3 heterocycles. The monoisotopic (exact) mass is 380 g/mol. The number of carbonyl (C=O) groups is 1. The summed E-state index contributed by atoms with van der Waals surface area (Å²) in [6.45, 7) is 6.48. The van der Waals surface area contributed by atoms with Gasteiger partial charge in [0.25, 0.3) is 0 Å². The predicted octanol–water partition coefficient (Wildman–Crippen LogP) is 1.53. The molecule has 28 heavy (non-hydrogen) atoms. The molecule has 1 aliphatic heterocycles. The summed E-state index contributed by atoms with van der Waals surface area (Å²) < 4.78 is 0. The largest absolute Gasteiger partial charge is 0.350 e. The maximum Gasteiger partial charge on any atom is 0.240 e. The zero-order valence-electron chi connectivity index (χ0n) is 16.6. The third-order valence-electron chi connectivity index (χ3n) is 5.94. The molecule has 3 atom stereocenters. The van der Waals surface area contributed by atoms with Crippen LogP contribution < -0.4 is 10.6 Å². The van der Waals surface area contributed by atoms with Gasteiger partial charge in [0.05, 0.1) is 6.04 Å². The fraction of sp³-hybridized carbons (Fsp3) is 0.524. The molecule has 2 aromatic rings. The number of rotatable bonds is 4. The van der Waals surface area contributed by atoms with Gasteiger partial charge in [0.2, 0.25) is 5.91 Å². The summed E-state index contributed by atoms with van der Waals surface area (Å²) in [6.07, 6.45) is 6.04. The van der Waals surface area contributed by atoms with E-state index in [1.54, 1.807) is 12.5 Å². The van der Waals surface area contributed by atoms with Crippen molar-refractivity contribution in [3.8, 4) is 0 Å². The molecular weight excluding hydrogens is 352 g/mol. The van der Waals surface area contributed by atoms with Crippen LogP contribution >= 0.6 is 0 Å². The van der Waals surface area contributed by atoms with Gasteiger partial charge in [0.15, 0.2) is 0 Å². The summed E-state index contributed by atoms with van der Waals surface area (Å²) >= 11 is 0. The molecule has 1 amide bonds. The van der Waals surface area contributed by atoms with Crippen LogP contribution in [0.1, 0.15) is 43.1 Å². The second kappa shape index (κ2) is 7.83. The lowest BCUT2D eigenvalue weighted by Gasteiger charge is -2.42. The van der Waals surface area contributed by atoms with Crippen molar-refractivity contribution >= 4 is 11.7 Å². The van der Waals surface area contributed by atoms with E-state index in [0.29, 0.717) is 25.4 Å².